The average molecular weight is 159 g/mol. The first kappa shape index (κ1) is 9.27. The fourth-order valence-electron chi connectivity index (χ4n) is 0.470. The van der Waals surface area contributed by atoms with Crippen molar-refractivity contribution in [3.8, 4) is 0 Å². The van der Waals surface area contributed by atoms with Crippen molar-refractivity contribution in [3.05, 3.63) is 0 Å². The monoisotopic (exact) mass is 159 g/mol. The number of aliphatic imine (C=N–C) groups is 1. The SMILES string of the molecule is O=COCCCCN=C=S. The summed E-state index contributed by atoms with van der Waals surface area (Å²) in [5.74, 6) is 0. The highest BCUT2D eigenvalue weighted by atomic mass is 32.1. The maximum absolute atomic E-state index is 9.62. The van der Waals surface area contributed by atoms with Crippen LogP contribution in [-0.2, 0) is 9.53 Å². The molecule has 0 radical (unpaired) electrons. The molecular weight excluding hydrogens is 150 g/mol. The van der Waals surface area contributed by atoms with Crippen molar-refractivity contribution in [2.75, 3.05) is 13.2 Å². The number of unbranched alkanes of at least 4 members (excludes halogenated alkanes) is 1. The zero-order valence-electron chi connectivity index (χ0n) is 5.58. The van der Waals surface area contributed by atoms with Crippen molar-refractivity contribution in [2.24, 2.45) is 4.99 Å². The molecule has 10 heavy (non-hydrogen) atoms. The molecule has 0 bridgehead atoms. The third-order valence-corrected chi connectivity index (χ3v) is 1.04. The van der Waals surface area contributed by atoms with E-state index < -0.39 is 0 Å². The molecule has 0 heterocycles. The van der Waals surface area contributed by atoms with Crippen LogP contribution in [0.5, 0.6) is 0 Å². The molecule has 0 spiro atoms. The molecule has 4 heteroatoms. The lowest BCUT2D eigenvalue weighted by molar-refractivity contribution is -0.128. The zero-order valence-corrected chi connectivity index (χ0v) is 6.39. The molecule has 0 atom stereocenters. The number of hydrogen-bond acceptors (Lipinski definition) is 4. The van der Waals surface area contributed by atoms with E-state index in [2.05, 4.69) is 27.1 Å². The van der Waals surface area contributed by atoms with Crippen LogP contribution in [0, 0.1) is 0 Å². The molecule has 0 aliphatic heterocycles. The molecule has 0 aromatic heterocycles. The maximum atomic E-state index is 9.62. The molecule has 0 N–H and O–H groups in total. The molecule has 0 amide bonds. The number of carbonyl (C=O) groups is 1. The lowest BCUT2D eigenvalue weighted by Gasteiger charge is -1.93. The second kappa shape index (κ2) is 8.27. The summed E-state index contributed by atoms with van der Waals surface area (Å²) in [6.45, 7) is 1.59. The molecule has 3 nitrogen and oxygen atoms in total. The number of isothiocyanates is 1. The van der Waals surface area contributed by atoms with Crippen LogP contribution >= 0.6 is 12.2 Å². The minimum Gasteiger partial charge on any atom is -0.468 e. The van der Waals surface area contributed by atoms with E-state index in [1.54, 1.807) is 0 Å². The summed E-state index contributed by atoms with van der Waals surface area (Å²) in [5, 5.41) is 2.26. The van der Waals surface area contributed by atoms with Gasteiger partial charge in [-0.15, -0.1) is 0 Å². The predicted molar refractivity (Wildman–Crippen MR) is 41.1 cm³/mol. The van der Waals surface area contributed by atoms with E-state index in [1.807, 2.05) is 0 Å². The molecule has 0 saturated heterocycles. The van der Waals surface area contributed by atoms with Gasteiger partial charge in [-0.25, -0.2) is 4.99 Å². The van der Waals surface area contributed by atoms with Gasteiger partial charge >= 0.3 is 0 Å². The number of hydrogen-bond donors (Lipinski definition) is 0. The number of rotatable bonds is 6. The van der Waals surface area contributed by atoms with Crippen LogP contribution in [0.25, 0.3) is 0 Å². The maximum Gasteiger partial charge on any atom is 0.293 e. The van der Waals surface area contributed by atoms with Gasteiger partial charge in [-0.1, -0.05) is 0 Å². The van der Waals surface area contributed by atoms with Crippen LogP contribution in [0.3, 0.4) is 0 Å². The fraction of sp³-hybridized carbons (Fsp3) is 0.667. The van der Waals surface area contributed by atoms with Gasteiger partial charge in [0.15, 0.2) is 0 Å². The Balaban J connectivity index is 2.90. The molecule has 0 saturated carbocycles. The van der Waals surface area contributed by atoms with E-state index in [-0.39, 0.29) is 0 Å². The minimum atomic E-state index is 0.447. The van der Waals surface area contributed by atoms with Crippen molar-refractivity contribution < 1.29 is 9.53 Å². The first-order valence-electron chi connectivity index (χ1n) is 3.00. The lowest BCUT2D eigenvalue weighted by atomic mass is 10.3. The normalized spacial score (nSPS) is 8.00. The summed E-state index contributed by atoms with van der Waals surface area (Å²) in [6.07, 6.45) is 1.72. The lowest BCUT2D eigenvalue weighted by Crippen LogP contribution is -1.92. The predicted octanol–water partition coefficient (Wildman–Crippen LogP) is 1.04. The van der Waals surface area contributed by atoms with Gasteiger partial charge in [-0.3, -0.25) is 4.79 Å². The van der Waals surface area contributed by atoms with E-state index >= 15 is 0 Å². The van der Waals surface area contributed by atoms with Crippen molar-refractivity contribution >= 4 is 23.9 Å². The highest BCUT2D eigenvalue weighted by Gasteiger charge is 1.85. The van der Waals surface area contributed by atoms with E-state index in [9.17, 15) is 4.79 Å². The van der Waals surface area contributed by atoms with Crippen LogP contribution in [0.2, 0.25) is 0 Å². The minimum absolute atomic E-state index is 0.447. The van der Waals surface area contributed by atoms with Gasteiger partial charge in [0.05, 0.1) is 11.8 Å². The Bertz CT molecular complexity index is 132. The van der Waals surface area contributed by atoms with E-state index in [0.29, 0.717) is 19.6 Å². The standard InChI is InChI=1S/C6H9NO2S/c8-6-9-4-2-1-3-7-5-10/h6H,1-4H2. The van der Waals surface area contributed by atoms with Crippen LogP contribution in [0.1, 0.15) is 12.8 Å². The molecule has 0 aromatic rings. The molecule has 56 valence electrons. The largest absolute Gasteiger partial charge is 0.468 e. The quantitative estimate of drug-likeness (QED) is 0.251. The second-order valence-corrected chi connectivity index (χ2v) is 1.83. The Morgan fingerprint density at radius 1 is 1.60 bits per heavy atom. The number of thiocarbonyl (C=S) groups is 1. The molecule has 0 unspecified atom stereocenters. The Morgan fingerprint density at radius 2 is 2.40 bits per heavy atom. The van der Waals surface area contributed by atoms with Gasteiger partial charge in [0.2, 0.25) is 0 Å². The summed E-state index contributed by atoms with van der Waals surface area (Å²) in [4.78, 5) is 13.3. The Morgan fingerprint density at radius 3 is 3.00 bits per heavy atom. The molecule has 0 fully saturated rings. The van der Waals surface area contributed by atoms with Gasteiger partial charge in [-0.05, 0) is 25.1 Å². The summed E-state index contributed by atoms with van der Waals surface area (Å²) in [5.41, 5.74) is 0. The molecule has 0 aliphatic rings. The highest BCUT2D eigenvalue weighted by Crippen LogP contribution is 1.88. The molecule has 0 aromatic carbocycles. The van der Waals surface area contributed by atoms with Crippen LogP contribution in [-0.4, -0.2) is 24.8 Å². The second-order valence-electron chi connectivity index (χ2n) is 1.65. The fourth-order valence-corrected chi connectivity index (χ4v) is 0.561. The third-order valence-electron chi connectivity index (χ3n) is 0.915. The van der Waals surface area contributed by atoms with Crippen molar-refractivity contribution in [3.63, 3.8) is 0 Å². The van der Waals surface area contributed by atoms with E-state index in [4.69, 9.17) is 0 Å². The van der Waals surface area contributed by atoms with E-state index in [1.165, 1.54) is 0 Å². The summed E-state index contributed by atoms with van der Waals surface area (Å²) in [7, 11) is 0. The topological polar surface area (TPSA) is 38.7 Å². The third kappa shape index (κ3) is 7.27. The number of ether oxygens (including phenoxy) is 1. The summed E-state index contributed by atoms with van der Waals surface area (Å²) in [6, 6.07) is 0. The summed E-state index contributed by atoms with van der Waals surface area (Å²) >= 11 is 4.35. The first-order valence-corrected chi connectivity index (χ1v) is 3.41. The van der Waals surface area contributed by atoms with Gasteiger partial charge < -0.3 is 4.74 Å². The molecule has 0 aliphatic carbocycles. The summed E-state index contributed by atoms with van der Waals surface area (Å²) < 4.78 is 4.45. The van der Waals surface area contributed by atoms with Crippen molar-refractivity contribution in [2.45, 2.75) is 12.8 Å². The van der Waals surface area contributed by atoms with Crippen LogP contribution < -0.4 is 0 Å². The molecule has 0 rings (SSSR count). The average Bonchev–Trinajstić information content (AvgIpc) is 1.97. The Labute approximate surface area is 65.1 Å². The first-order chi connectivity index (χ1) is 4.91. The zero-order chi connectivity index (χ0) is 7.66. The smallest absolute Gasteiger partial charge is 0.293 e. The Kier molecular flexibility index (Phi) is 7.67. The van der Waals surface area contributed by atoms with E-state index in [0.717, 1.165) is 12.8 Å². The Hall–Kier alpha value is -0.730. The molecular formula is C6H9NO2S. The van der Waals surface area contributed by atoms with Gasteiger partial charge in [0, 0.05) is 6.54 Å². The van der Waals surface area contributed by atoms with Crippen LogP contribution in [0.15, 0.2) is 4.99 Å². The van der Waals surface area contributed by atoms with Crippen LogP contribution in [0.4, 0.5) is 0 Å². The van der Waals surface area contributed by atoms with Gasteiger partial charge in [-0.2, -0.15) is 0 Å². The van der Waals surface area contributed by atoms with Crippen molar-refractivity contribution in [1.82, 2.24) is 0 Å². The van der Waals surface area contributed by atoms with Crippen molar-refractivity contribution in [1.29, 1.82) is 0 Å². The number of carbonyl (C=O) groups excluding carboxylic acids is 1. The van der Waals surface area contributed by atoms with Gasteiger partial charge in [0.25, 0.3) is 6.47 Å². The number of nitrogens with zero attached hydrogens (tertiary/aromatic N) is 1. The highest BCUT2D eigenvalue weighted by molar-refractivity contribution is 7.78. The van der Waals surface area contributed by atoms with Gasteiger partial charge in [0.1, 0.15) is 0 Å².